The lowest BCUT2D eigenvalue weighted by molar-refractivity contribution is 0.185. The Bertz CT molecular complexity index is 355. The Labute approximate surface area is 113 Å². The molecule has 0 amide bonds. The van der Waals surface area contributed by atoms with E-state index in [4.69, 9.17) is 28.3 Å². The molecule has 0 saturated heterocycles. The topological polar surface area (TPSA) is 23.5 Å². The van der Waals surface area contributed by atoms with Crippen molar-refractivity contribution in [3.8, 4) is 0 Å². The van der Waals surface area contributed by atoms with Crippen molar-refractivity contribution in [1.29, 1.82) is 0 Å². The smallest absolute Gasteiger partial charge is 0.0637 e. The molecule has 0 aromatic heterocycles. The average Bonchev–Trinajstić information content (AvgIpc) is 2.29. The van der Waals surface area contributed by atoms with E-state index in [1.807, 2.05) is 12.1 Å². The monoisotopic (exact) mass is 275 g/mol. The summed E-state index contributed by atoms with van der Waals surface area (Å²) in [5, 5.41) is 10.1. The molecule has 1 N–H and O–H groups in total. The van der Waals surface area contributed by atoms with Crippen LogP contribution in [0.4, 0.5) is 0 Å². The molecule has 1 aromatic rings. The number of rotatable bonds is 6. The molecule has 0 fully saturated rings. The first-order valence-electron chi connectivity index (χ1n) is 5.84. The molecular weight excluding hydrogens is 257 g/mol. The van der Waals surface area contributed by atoms with Gasteiger partial charge in [-0.3, -0.25) is 4.90 Å². The van der Waals surface area contributed by atoms with Gasteiger partial charge in [0, 0.05) is 25.7 Å². The SMILES string of the molecule is CC(C)N(CCCO)Cc1cccc(Cl)c1Cl. The fraction of sp³-hybridized carbons (Fsp3) is 0.538. The van der Waals surface area contributed by atoms with Crippen LogP contribution in [0.1, 0.15) is 25.8 Å². The highest BCUT2D eigenvalue weighted by atomic mass is 35.5. The quantitative estimate of drug-likeness (QED) is 0.858. The maximum Gasteiger partial charge on any atom is 0.0637 e. The summed E-state index contributed by atoms with van der Waals surface area (Å²) in [7, 11) is 0. The zero-order chi connectivity index (χ0) is 12.8. The molecule has 0 aliphatic carbocycles. The van der Waals surface area contributed by atoms with E-state index in [9.17, 15) is 0 Å². The van der Waals surface area contributed by atoms with Crippen molar-refractivity contribution in [3.63, 3.8) is 0 Å². The number of hydrogen-bond donors (Lipinski definition) is 1. The van der Waals surface area contributed by atoms with Crippen LogP contribution in [0.5, 0.6) is 0 Å². The second-order valence-corrected chi connectivity index (χ2v) is 5.14. The van der Waals surface area contributed by atoms with E-state index in [-0.39, 0.29) is 6.61 Å². The Kier molecular flexibility index (Phi) is 6.28. The Morgan fingerprint density at radius 1 is 1.29 bits per heavy atom. The molecule has 1 aromatic carbocycles. The van der Waals surface area contributed by atoms with Crippen LogP contribution in [0, 0.1) is 0 Å². The van der Waals surface area contributed by atoms with Gasteiger partial charge in [-0.2, -0.15) is 0 Å². The Morgan fingerprint density at radius 2 is 2.00 bits per heavy atom. The molecule has 0 saturated carbocycles. The first-order chi connectivity index (χ1) is 8.06. The minimum Gasteiger partial charge on any atom is -0.396 e. The van der Waals surface area contributed by atoms with Crippen LogP contribution in [-0.2, 0) is 6.54 Å². The summed E-state index contributed by atoms with van der Waals surface area (Å²) >= 11 is 12.2. The zero-order valence-corrected chi connectivity index (χ0v) is 11.8. The molecule has 0 aliphatic rings. The molecule has 4 heteroatoms. The average molecular weight is 276 g/mol. The second kappa shape index (κ2) is 7.22. The van der Waals surface area contributed by atoms with Crippen LogP contribution in [0.2, 0.25) is 10.0 Å². The largest absolute Gasteiger partial charge is 0.396 e. The minimum atomic E-state index is 0.215. The lowest BCUT2D eigenvalue weighted by Crippen LogP contribution is -2.31. The van der Waals surface area contributed by atoms with E-state index in [0.29, 0.717) is 16.1 Å². The molecule has 0 atom stereocenters. The normalized spacial score (nSPS) is 11.5. The van der Waals surface area contributed by atoms with Gasteiger partial charge in [0.05, 0.1) is 10.0 Å². The highest BCUT2D eigenvalue weighted by molar-refractivity contribution is 6.42. The standard InChI is InChI=1S/C13H19Cl2NO/c1-10(2)16(7-4-8-17)9-11-5-3-6-12(14)13(11)15/h3,5-6,10,17H,4,7-9H2,1-2H3. The van der Waals surface area contributed by atoms with E-state index in [2.05, 4.69) is 18.7 Å². The fourth-order valence-corrected chi connectivity index (χ4v) is 2.06. The third kappa shape index (κ3) is 4.47. The number of aliphatic hydroxyl groups is 1. The Balaban J connectivity index is 2.75. The molecule has 17 heavy (non-hydrogen) atoms. The van der Waals surface area contributed by atoms with Crippen LogP contribution in [-0.4, -0.2) is 29.2 Å². The van der Waals surface area contributed by atoms with Crippen LogP contribution in [0.3, 0.4) is 0 Å². The van der Waals surface area contributed by atoms with E-state index in [1.165, 1.54) is 0 Å². The third-order valence-electron chi connectivity index (χ3n) is 2.74. The summed E-state index contributed by atoms with van der Waals surface area (Å²) in [4.78, 5) is 2.27. The summed E-state index contributed by atoms with van der Waals surface area (Å²) in [5.41, 5.74) is 1.03. The maximum atomic E-state index is 8.89. The predicted molar refractivity (Wildman–Crippen MR) is 73.7 cm³/mol. The van der Waals surface area contributed by atoms with Crippen molar-refractivity contribution in [3.05, 3.63) is 33.8 Å². The van der Waals surface area contributed by atoms with Gasteiger partial charge in [0.25, 0.3) is 0 Å². The van der Waals surface area contributed by atoms with Gasteiger partial charge in [-0.25, -0.2) is 0 Å². The van der Waals surface area contributed by atoms with Gasteiger partial charge in [-0.05, 0) is 31.9 Å². The number of hydrogen-bond acceptors (Lipinski definition) is 2. The van der Waals surface area contributed by atoms with Crippen molar-refractivity contribution in [2.45, 2.75) is 32.9 Å². The van der Waals surface area contributed by atoms with Gasteiger partial charge in [0.2, 0.25) is 0 Å². The molecule has 0 heterocycles. The molecule has 1 rings (SSSR count). The van der Waals surface area contributed by atoms with Crippen molar-refractivity contribution in [2.24, 2.45) is 0 Å². The summed E-state index contributed by atoms with van der Waals surface area (Å²) in [6, 6.07) is 6.11. The third-order valence-corrected chi connectivity index (χ3v) is 3.60. The maximum absolute atomic E-state index is 8.89. The lowest BCUT2D eigenvalue weighted by Gasteiger charge is -2.26. The van der Waals surface area contributed by atoms with Gasteiger partial charge in [-0.15, -0.1) is 0 Å². The summed E-state index contributed by atoms with van der Waals surface area (Å²) in [6.07, 6.45) is 0.774. The van der Waals surface area contributed by atoms with Crippen LogP contribution in [0.15, 0.2) is 18.2 Å². The first kappa shape index (κ1) is 14.8. The highest BCUT2D eigenvalue weighted by Crippen LogP contribution is 2.26. The van der Waals surface area contributed by atoms with Crippen LogP contribution >= 0.6 is 23.2 Å². The Morgan fingerprint density at radius 3 is 2.59 bits per heavy atom. The van der Waals surface area contributed by atoms with Crippen molar-refractivity contribution >= 4 is 23.2 Å². The van der Waals surface area contributed by atoms with Gasteiger partial charge in [0.15, 0.2) is 0 Å². The molecule has 0 aliphatic heterocycles. The second-order valence-electron chi connectivity index (χ2n) is 4.35. The first-order valence-corrected chi connectivity index (χ1v) is 6.59. The van der Waals surface area contributed by atoms with E-state index < -0.39 is 0 Å². The lowest BCUT2D eigenvalue weighted by atomic mass is 10.2. The van der Waals surface area contributed by atoms with Crippen LogP contribution in [0.25, 0.3) is 0 Å². The van der Waals surface area contributed by atoms with Gasteiger partial charge in [0.1, 0.15) is 0 Å². The molecule has 0 bridgehead atoms. The number of benzene rings is 1. The molecule has 0 spiro atoms. The molecule has 0 radical (unpaired) electrons. The van der Waals surface area contributed by atoms with Gasteiger partial charge < -0.3 is 5.11 Å². The predicted octanol–water partition coefficient (Wildman–Crippen LogP) is 3.59. The summed E-state index contributed by atoms with van der Waals surface area (Å²) in [5.74, 6) is 0. The van der Waals surface area contributed by atoms with Crippen molar-refractivity contribution in [1.82, 2.24) is 4.90 Å². The van der Waals surface area contributed by atoms with Crippen molar-refractivity contribution < 1.29 is 5.11 Å². The van der Waals surface area contributed by atoms with Gasteiger partial charge >= 0.3 is 0 Å². The summed E-state index contributed by atoms with van der Waals surface area (Å²) in [6.45, 7) is 6.10. The fourth-order valence-electron chi connectivity index (χ4n) is 1.68. The number of halogens is 2. The number of aliphatic hydroxyl groups excluding tert-OH is 1. The van der Waals surface area contributed by atoms with Crippen LogP contribution < -0.4 is 0 Å². The molecule has 96 valence electrons. The van der Waals surface area contributed by atoms with E-state index in [1.54, 1.807) is 6.07 Å². The molecular formula is C13H19Cl2NO. The Hall–Kier alpha value is -0.280. The van der Waals surface area contributed by atoms with E-state index in [0.717, 1.165) is 25.1 Å². The summed E-state index contributed by atoms with van der Waals surface area (Å²) < 4.78 is 0. The zero-order valence-electron chi connectivity index (χ0n) is 10.3. The van der Waals surface area contributed by atoms with E-state index >= 15 is 0 Å². The highest BCUT2D eigenvalue weighted by Gasteiger charge is 2.12. The van der Waals surface area contributed by atoms with Crippen molar-refractivity contribution in [2.75, 3.05) is 13.2 Å². The van der Waals surface area contributed by atoms with Gasteiger partial charge in [-0.1, -0.05) is 35.3 Å². The number of nitrogens with zero attached hydrogens (tertiary/aromatic N) is 1. The molecule has 2 nitrogen and oxygen atoms in total. The molecule has 0 unspecified atom stereocenters. The minimum absolute atomic E-state index is 0.215.